The van der Waals surface area contributed by atoms with Crippen molar-refractivity contribution in [3.05, 3.63) is 78.4 Å². The Morgan fingerprint density at radius 3 is 2.79 bits per heavy atom. The van der Waals surface area contributed by atoms with Crippen molar-refractivity contribution in [3.8, 4) is 0 Å². The van der Waals surface area contributed by atoms with Crippen LogP contribution >= 0.6 is 0 Å². The Bertz CT molecular complexity index is 1310. The van der Waals surface area contributed by atoms with Crippen molar-refractivity contribution < 1.29 is 4.79 Å². The van der Waals surface area contributed by atoms with E-state index in [1.165, 1.54) is 0 Å². The van der Waals surface area contributed by atoms with Crippen molar-refractivity contribution in [2.75, 3.05) is 5.32 Å². The number of nitrogens with zero attached hydrogens (tertiary/aromatic N) is 5. The molecular formula is C21H17N7O. The summed E-state index contributed by atoms with van der Waals surface area (Å²) in [5.41, 5.74) is 4.49. The zero-order valence-corrected chi connectivity index (χ0v) is 15.4. The first-order valence-corrected chi connectivity index (χ1v) is 9.24. The van der Waals surface area contributed by atoms with Gasteiger partial charge in [0.15, 0.2) is 0 Å². The third-order valence-corrected chi connectivity index (χ3v) is 4.73. The van der Waals surface area contributed by atoms with E-state index >= 15 is 0 Å². The quantitative estimate of drug-likeness (QED) is 0.485. The molecule has 0 bridgehead atoms. The standard InChI is InChI=1S/C21H17N7O/c29-20(17-9-8-15-18(24-17)13-23-27-15)26-21-25-16-6-1-2-7-19(16)28(21)12-10-14-5-3-4-11-22-14/h1-9,11,13H,10,12H2,(H,23,27)(H,25,26,29). The third-order valence-electron chi connectivity index (χ3n) is 4.73. The van der Waals surface area contributed by atoms with Crippen LogP contribution in [0.3, 0.4) is 0 Å². The Morgan fingerprint density at radius 1 is 1.00 bits per heavy atom. The zero-order valence-electron chi connectivity index (χ0n) is 15.4. The number of carbonyl (C=O) groups excluding carboxylic acids is 1. The molecule has 4 heterocycles. The summed E-state index contributed by atoms with van der Waals surface area (Å²) in [6, 6.07) is 17.1. The number of amides is 1. The normalized spacial score (nSPS) is 11.2. The highest BCUT2D eigenvalue weighted by atomic mass is 16.2. The van der Waals surface area contributed by atoms with Crippen LogP contribution in [0.4, 0.5) is 5.95 Å². The van der Waals surface area contributed by atoms with E-state index in [2.05, 4.69) is 30.5 Å². The molecule has 0 atom stereocenters. The summed E-state index contributed by atoms with van der Waals surface area (Å²) >= 11 is 0. The number of benzene rings is 1. The number of aromatic amines is 1. The first-order chi connectivity index (χ1) is 14.3. The molecule has 5 rings (SSSR count). The maximum atomic E-state index is 12.8. The maximum Gasteiger partial charge on any atom is 0.276 e. The highest BCUT2D eigenvalue weighted by Gasteiger charge is 2.16. The number of carbonyl (C=O) groups is 1. The molecule has 2 N–H and O–H groups in total. The number of rotatable bonds is 5. The van der Waals surface area contributed by atoms with Gasteiger partial charge in [-0.25, -0.2) is 9.97 Å². The van der Waals surface area contributed by atoms with Crippen molar-refractivity contribution in [1.29, 1.82) is 0 Å². The molecule has 0 fully saturated rings. The summed E-state index contributed by atoms with van der Waals surface area (Å²) in [7, 11) is 0. The molecule has 0 spiro atoms. The molecule has 29 heavy (non-hydrogen) atoms. The highest BCUT2D eigenvalue weighted by Crippen LogP contribution is 2.21. The van der Waals surface area contributed by atoms with E-state index in [0.29, 0.717) is 23.7 Å². The lowest BCUT2D eigenvalue weighted by atomic mass is 10.2. The lowest BCUT2D eigenvalue weighted by Crippen LogP contribution is -2.18. The van der Waals surface area contributed by atoms with Crippen LogP contribution < -0.4 is 5.32 Å². The van der Waals surface area contributed by atoms with Crippen molar-refractivity contribution >= 4 is 33.9 Å². The average molecular weight is 383 g/mol. The van der Waals surface area contributed by atoms with Crippen molar-refractivity contribution in [2.45, 2.75) is 13.0 Å². The van der Waals surface area contributed by atoms with Crippen LogP contribution in [0.1, 0.15) is 16.2 Å². The van der Waals surface area contributed by atoms with E-state index in [9.17, 15) is 4.79 Å². The number of para-hydroxylation sites is 2. The van der Waals surface area contributed by atoms with Gasteiger partial charge in [-0.3, -0.25) is 20.2 Å². The van der Waals surface area contributed by atoms with Crippen LogP contribution in [0.2, 0.25) is 0 Å². The molecule has 0 aliphatic rings. The number of anilines is 1. The fourth-order valence-corrected chi connectivity index (χ4v) is 3.29. The van der Waals surface area contributed by atoms with E-state index < -0.39 is 0 Å². The van der Waals surface area contributed by atoms with Crippen LogP contribution in [0.25, 0.3) is 22.1 Å². The molecule has 1 amide bonds. The molecule has 0 saturated carbocycles. The van der Waals surface area contributed by atoms with Gasteiger partial charge >= 0.3 is 0 Å². The molecule has 8 heteroatoms. The SMILES string of the molecule is O=C(Nc1nc2ccccc2n1CCc1ccccn1)c1ccc2[nH]ncc2n1. The lowest BCUT2D eigenvalue weighted by molar-refractivity contribution is 0.102. The third kappa shape index (κ3) is 3.31. The van der Waals surface area contributed by atoms with Crippen LogP contribution in [-0.4, -0.2) is 35.6 Å². The van der Waals surface area contributed by atoms with Crippen molar-refractivity contribution in [1.82, 2.24) is 29.7 Å². The maximum absolute atomic E-state index is 12.8. The fourth-order valence-electron chi connectivity index (χ4n) is 3.29. The number of imidazole rings is 1. The first kappa shape index (κ1) is 17.1. The Kier molecular flexibility index (Phi) is 4.21. The number of hydrogen-bond donors (Lipinski definition) is 2. The van der Waals surface area contributed by atoms with Gasteiger partial charge in [-0.2, -0.15) is 5.10 Å². The zero-order chi connectivity index (χ0) is 19.6. The van der Waals surface area contributed by atoms with E-state index in [-0.39, 0.29) is 5.91 Å². The minimum absolute atomic E-state index is 0.308. The molecule has 1 aromatic carbocycles. The van der Waals surface area contributed by atoms with Gasteiger partial charge in [0.25, 0.3) is 5.91 Å². The second kappa shape index (κ2) is 7.16. The number of pyridine rings is 2. The summed E-state index contributed by atoms with van der Waals surface area (Å²) in [6.07, 6.45) is 4.10. The number of aromatic nitrogens is 6. The minimum atomic E-state index is -0.317. The molecule has 5 aromatic rings. The summed E-state index contributed by atoms with van der Waals surface area (Å²) in [5, 5.41) is 9.68. The van der Waals surface area contributed by atoms with Gasteiger partial charge in [-0.05, 0) is 36.4 Å². The molecule has 0 aliphatic carbocycles. The predicted molar refractivity (Wildman–Crippen MR) is 110 cm³/mol. The number of aryl methyl sites for hydroxylation is 2. The minimum Gasteiger partial charge on any atom is -0.310 e. The largest absolute Gasteiger partial charge is 0.310 e. The highest BCUT2D eigenvalue weighted by molar-refractivity contribution is 6.03. The topological polar surface area (TPSA) is 101 Å². The van der Waals surface area contributed by atoms with Gasteiger partial charge in [0, 0.05) is 24.9 Å². The van der Waals surface area contributed by atoms with E-state index in [4.69, 9.17) is 0 Å². The first-order valence-electron chi connectivity index (χ1n) is 9.24. The number of H-pyrrole nitrogens is 1. The summed E-state index contributed by atoms with van der Waals surface area (Å²) in [6.45, 7) is 0.640. The summed E-state index contributed by atoms with van der Waals surface area (Å²) in [4.78, 5) is 26.2. The van der Waals surface area contributed by atoms with Gasteiger partial charge in [0.1, 0.15) is 11.2 Å². The van der Waals surface area contributed by atoms with E-state index in [0.717, 1.165) is 28.7 Å². The summed E-state index contributed by atoms with van der Waals surface area (Å²) < 4.78 is 2.00. The van der Waals surface area contributed by atoms with Crippen molar-refractivity contribution in [2.24, 2.45) is 0 Å². The Hall–Kier alpha value is -4.07. The molecule has 0 radical (unpaired) electrons. The number of fused-ring (bicyclic) bond motifs is 2. The molecule has 0 aliphatic heterocycles. The lowest BCUT2D eigenvalue weighted by Gasteiger charge is -2.10. The molecule has 142 valence electrons. The molecule has 0 unspecified atom stereocenters. The number of hydrogen-bond acceptors (Lipinski definition) is 5. The predicted octanol–water partition coefficient (Wildman–Crippen LogP) is 3.20. The Balaban J connectivity index is 1.46. The number of nitrogens with one attached hydrogen (secondary N) is 2. The van der Waals surface area contributed by atoms with Gasteiger partial charge in [0.05, 0.1) is 22.7 Å². The van der Waals surface area contributed by atoms with Gasteiger partial charge in [-0.15, -0.1) is 0 Å². The van der Waals surface area contributed by atoms with Crippen molar-refractivity contribution in [3.63, 3.8) is 0 Å². The van der Waals surface area contributed by atoms with E-state index in [1.54, 1.807) is 24.5 Å². The Labute approximate surface area is 165 Å². The molecular weight excluding hydrogens is 366 g/mol. The van der Waals surface area contributed by atoms with Gasteiger partial charge in [-0.1, -0.05) is 18.2 Å². The van der Waals surface area contributed by atoms with Crippen LogP contribution in [0, 0.1) is 0 Å². The second-order valence-corrected chi connectivity index (χ2v) is 6.60. The van der Waals surface area contributed by atoms with Gasteiger partial charge in [0.2, 0.25) is 5.95 Å². The Morgan fingerprint density at radius 2 is 1.90 bits per heavy atom. The fraction of sp³-hybridized carbons (Fsp3) is 0.0952. The van der Waals surface area contributed by atoms with Gasteiger partial charge < -0.3 is 4.57 Å². The average Bonchev–Trinajstić information content (AvgIpc) is 3.36. The smallest absolute Gasteiger partial charge is 0.276 e. The monoisotopic (exact) mass is 383 g/mol. The molecule has 8 nitrogen and oxygen atoms in total. The second-order valence-electron chi connectivity index (χ2n) is 6.60. The molecule has 4 aromatic heterocycles. The molecule has 0 saturated heterocycles. The van der Waals surface area contributed by atoms with Crippen LogP contribution in [0.15, 0.2) is 67.0 Å². The summed E-state index contributed by atoms with van der Waals surface area (Å²) in [5.74, 6) is 0.170. The van der Waals surface area contributed by atoms with E-state index in [1.807, 2.05) is 47.0 Å². The van der Waals surface area contributed by atoms with Crippen LogP contribution in [0.5, 0.6) is 0 Å². The van der Waals surface area contributed by atoms with Crippen LogP contribution in [-0.2, 0) is 13.0 Å².